The van der Waals surface area contributed by atoms with E-state index in [1.807, 2.05) is 0 Å². The average Bonchev–Trinajstić information content (AvgIpc) is 2.99. The number of para-hydroxylation sites is 2. The molecule has 1 fully saturated rings. The van der Waals surface area contributed by atoms with E-state index in [-0.39, 0.29) is 35.2 Å². The number of carbonyl (C=O) groups excluding carboxylic acids is 1. The summed E-state index contributed by atoms with van der Waals surface area (Å²) in [5.74, 6) is 0.244. The van der Waals surface area contributed by atoms with Crippen LogP contribution in [0.3, 0.4) is 0 Å². The highest BCUT2D eigenvalue weighted by molar-refractivity contribution is 7.92. The normalized spacial score (nSPS) is 17.9. The van der Waals surface area contributed by atoms with Gasteiger partial charge < -0.3 is 19.5 Å². The van der Waals surface area contributed by atoms with Crippen LogP contribution >= 0.6 is 0 Å². The van der Waals surface area contributed by atoms with Crippen molar-refractivity contribution in [2.24, 2.45) is 0 Å². The lowest BCUT2D eigenvalue weighted by molar-refractivity contribution is -0.127. The van der Waals surface area contributed by atoms with Crippen molar-refractivity contribution in [1.29, 1.82) is 0 Å². The first-order valence-corrected chi connectivity index (χ1v) is 15.6. The fraction of sp³-hybridized carbons (Fsp3) is 0.296. The molecule has 0 aliphatic carbocycles. The van der Waals surface area contributed by atoms with Gasteiger partial charge in [-0.1, -0.05) is 30.3 Å². The molecule has 0 spiro atoms. The summed E-state index contributed by atoms with van der Waals surface area (Å²) in [6, 6.07) is 20.8. The van der Waals surface area contributed by atoms with Crippen molar-refractivity contribution in [3.63, 3.8) is 0 Å². The lowest BCUT2D eigenvalue weighted by atomic mass is 10.2. The first-order chi connectivity index (χ1) is 19.3. The Balaban J connectivity index is 1.18. The van der Waals surface area contributed by atoms with E-state index >= 15 is 0 Å². The number of carbonyl (C=O) groups is 1. The van der Waals surface area contributed by atoms with Crippen molar-refractivity contribution in [3.05, 3.63) is 78.9 Å². The maximum atomic E-state index is 13.4. The molecule has 0 radical (unpaired) electrons. The first kappa shape index (κ1) is 27.9. The Morgan fingerprint density at radius 3 is 2.23 bits per heavy atom. The topological polar surface area (TPSA) is 132 Å². The van der Waals surface area contributed by atoms with Gasteiger partial charge in [-0.15, -0.1) is 0 Å². The molecular weight excluding hydrogens is 558 g/mol. The molecule has 3 aromatic rings. The van der Waals surface area contributed by atoms with Crippen LogP contribution in [-0.4, -0.2) is 79.2 Å². The van der Waals surface area contributed by atoms with Crippen LogP contribution in [0.2, 0.25) is 0 Å². The van der Waals surface area contributed by atoms with Gasteiger partial charge in [-0.2, -0.15) is 4.31 Å². The van der Waals surface area contributed by atoms with E-state index in [1.54, 1.807) is 54.6 Å². The molecule has 1 N–H and O–H groups in total. The summed E-state index contributed by atoms with van der Waals surface area (Å²) in [5.41, 5.74) is 0.359. The van der Waals surface area contributed by atoms with Gasteiger partial charge in [-0.25, -0.2) is 16.8 Å². The second-order valence-corrected chi connectivity index (χ2v) is 12.9. The number of nitrogens with one attached hydrogen (secondary N) is 1. The highest BCUT2D eigenvalue weighted by Gasteiger charge is 2.37. The van der Waals surface area contributed by atoms with Crippen molar-refractivity contribution in [1.82, 2.24) is 9.62 Å². The van der Waals surface area contributed by atoms with Crippen molar-refractivity contribution in [2.75, 3.05) is 50.3 Å². The molecule has 2 heterocycles. The number of rotatable bonds is 9. The molecule has 1 unspecified atom stereocenters. The predicted molar refractivity (Wildman–Crippen MR) is 146 cm³/mol. The Morgan fingerprint density at radius 1 is 0.850 bits per heavy atom. The van der Waals surface area contributed by atoms with Crippen molar-refractivity contribution in [3.8, 4) is 11.5 Å². The summed E-state index contributed by atoms with van der Waals surface area (Å²) in [4.78, 5) is 13.2. The first-order valence-electron chi connectivity index (χ1n) is 12.7. The third kappa shape index (κ3) is 5.92. The van der Waals surface area contributed by atoms with Crippen LogP contribution in [0, 0.1) is 0 Å². The minimum Gasteiger partial charge on any atom is -0.492 e. The van der Waals surface area contributed by atoms with Crippen molar-refractivity contribution in [2.45, 2.75) is 15.9 Å². The zero-order valence-electron chi connectivity index (χ0n) is 21.5. The molecule has 40 heavy (non-hydrogen) atoms. The molecule has 11 nitrogen and oxygen atoms in total. The molecule has 1 atom stereocenters. The quantitative estimate of drug-likeness (QED) is 0.376. The van der Waals surface area contributed by atoms with E-state index in [9.17, 15) is 21.6 Å². The highest BCUT2D eigenvalue weighted by Crippen LogP contribution is 2.36. The van der Waals surface area contributed by atoms with Gasteiger partial charge in [-0.3, -0.25) is 9.10 Å². The average molecular weight is 588 g/mol. The fourth-order valence-electron chi connectivity index (χ4n) is 4.39. The number of hydrogen-bond acceptors (Lipinski definition) is 8. The second-order valence-electron chi connectivity index (χ2n) is 9.05. The van der Waals surface area contributed by atoms with Gasteiger partial charge in [0.25, 0.3) is 15.9 Å². The Kier molecular flexibility index (Phi) is 8.26. The number of ether oxygens (including phenoxy) is 3. The number of morpholine rings is 1. The van der Waals surface area contributed by atoms with Crippen LogP contribution in [0.5, 0.6) is 11.5 Å². The molecule has 3 aromatic carbocycles. The van der Waals surface area contributed by atoms with E-state index in [1.165, 1.54) is 32.9 Å². The number of amides is 1. The minimum atomic E-state index is -3.93. The lowest BCUT2D eigenvalue weighted by Gasteiger charge is -2.34. The van der Waals surface area contributed by atoms with Crippen molar-refractivity contribution < 1.29 is 35.8 Å². The Hall–Kier alpha value is -3.65. The second kappa shape index (κ2) is 11.8. The SMILES string of the molecule is O=C(NCCOc1ccc(S(=O)(=O)N2CCOCC2)cc1)C1CN(S(=O)(=O)c2ccccc2)c2ccccc2O1. The molecule has 5 rings (SSSR count). The van der Waals surface area contributed by atoms with Gasteiger partial charge in [0, 0.05) is 13.1 Å². The summed E-state index contributed by atoms with van der Waals surface area (Å²) in [6.45, 7) is 1.39. The molecule has 212 valence electrons. The standard InChI is InChI=1S/C27H29N3O8S2/c31-27(28-14-17-37-21-10-12-23(13-11-21)39(32,33)29-15-18-36-19-16-29)26-20-30(24-8-4-5-9-25(24)38-26)40(34,35)22-6-2-1-3-7-22/h1-13,26H,14-20H2,(H,28,31). The lowest BCUT2D eigenvalue weighted by Crippen LogP contribution is -2.51. The number of fused-ring (bicyclic) bond motifs is 1. The zero-order chi connectivity index (χ0) is 28.2. The number of hydrogen-bond donors (Lipinski definition) is 1. The third-order valence-electron chi connectivity index (χ3n) is 6.46. The highest BCUT2D eigenvalue weighted by atomic mass is 32.2. The van der Waals surface area contributed by atoms with Gasteiger partial charge in [0.1, 0.15) is 18.1 Å². The molecule has 1 saturated heterocycles. The van der Waals surface area contributed by atoms with Crippen LogP contribution in [0.1, 0.15) is 0 Å². The Bertz CT molecular complexity index is 1540. The van der Waals surface area contributed by atoms with Gasteiger partial charge in [0.15, 0.2) is 6.10 Å². The van der Waals surface area contributed by atoms with E-state index in [4.69, 9.17) is 14.2 Å². The van der Waals surface area contributed by atoms with Crippen LogP contribution in [-0.2, 0) is 29.6 Å². The third-order valence-corrected chi connectivity index (χ3v) is 10.2. The fourth-order valence-corrected chi connectivity index (χ4v) is 7.29. The number of sulfonamides is 2. The molecule has 1 amide bonds. The van der Waals surface area contributed by atoms with Crippen molar-refractivity contribution >= 4 is 31.6 Å². The number of benzene rings is 3. The smallest absolute Gasteiger partial charge is 0.264 e. The number of anilines is 1. The molecule has 0 saturated carbocycles. The minimum absolute atomic E-state index is 0.108. The van der Waals surface area contributed by atoms with Crippen LogP contribution in [0.25, 0.3) is 0 Å². The summed E-state index contributed by atoms with van der Waals surface area (Å²) >= 11 is 0. The van der Waals surface area contributed by atoms with E-state index in [2.05, 4.69) is 5.32 Å². The van der Waals surface area contributed by atoms with Crippen LogP contribution < -0.4 is 19.1 Å². The molecular formula is C27H29N3O8S2. The summed E-state index contributed by atoms with van der Waals surface area (Å²) in [5, 5.41) is 2.72. The molecule has 2 aliphatic heterocycles. The van der Waals surface area contributed by atoms with Gasteiger partial charge in [0.05, 0.1) is 41.8 Å². The summed E-state index contributed by atoms with van der Waals surface area (Å²) in [6.07, 6.45) is -1.07. The van der Waals surface area contributed by atoms with E-state index < -0.39 is 32.1 Å². The largest absolute Gasteiger partial charge is 0.492 e. The molecule has 0 aromatic heterocycles. The van der Waals surface area contributed by atoms with Crippen LogP contribution in [0.15, 0.2) is 88.7 Å². The predicted octanol–water partition coefficient (Wildman–Crippen LogP) is 1.86. The maximum Gasteiger partial charge on any atom is 0.264 e. The molecule has 13 heteroatoms. The van der Waals surface area contributed by atoms with E-state index in [0.717, 1.165) is 0 Å². The van der Waals surface area contributed by atoms with Crippen LogP contribution in [0.4, 0.5) is 5.69 Å². The maximum absolute atomic E-state index is 13.4. The zero-order valence-corrected chi connectivity index (χ0v) is 23.1. The summed E-state index contributed by atoms with van der Waals surface area (Å²) < 4.78 is 71.6. The van der Waals surface area contributed by atoms with Gasteiger partial charge in [-0.05, 0) is 48.5 Å². The number of nitrogens with zero attached hydrogens (tertiary/aromatic N) is 2. The van der Waals surface area contributed by atoms with Gasteiger partial charge >= 0.3 is 0 Å². The Morgan fingerprint density at radius 2 is 1.50 bits per heavy atom. The monoisotopic (exact) mass is 587 g/mol. The Labute approximate surface area is 233 Å². The van der Waals surface area contributed by atoms with E-state index in [0.29, 0.717) is 37.7 Å². The molecule has 0 bridgehead atoms. The molecule has 2 aliphatic rings. The summed E-state index contributed by atoms with van der Waals surface area (Å²) in [7, 11) is -7.53. The van der Waals surface area contributed by atoms with Gasteiger partial charge in [0.2, 0.25) is 10.0 Å².